The van der Waals surface area contributed by atoms with Gasteiger partial charge in [0.2, 0.25) is 5.91 Å². The predicted octanol–water partition coefficient (Wildman–Crippen LogP) is 1.79. The van der Waals surface area contributed by atoms with Gasteiger partial charge in [-0.1, -0.05) is 19.9 Å². The van der Waals surface area contributed by atoms with Crippen LogP contribution in [0.5, 0.6) is 0 Å². The zero-order chi connectivity index (χ0) is 26.6. The molecule has 0 unspecified atom stereocenters. The number of carbonyl (C=O) groups excluding carboxylic acids is 4. The second-order valence-corrected chi connectivity index (χ2v) is 10.1. The molecule has 2 aliphatic heterocycles. The third-order valence-electron chi connectivity index (χ3n) is 6.11. The summed E-state index contributed by atoms with van der Waals surface area (Å²) in [6, 6.07) is 0.599. The lowest BCUT2D eigenvalue weighted by Crippen LogP contribution is -2.50. The van der Waals surface area contributed by atoms with Crippen LogP contribution in [0, 0.1) is 13.8 Å². The molecule has 1 N–H and O–H groups in total. The number of urea groups is 1. The summed E-state index contributed by atoms with van der Waals surface area (Å²) in [6.07, 6.45) is 1.38. The van der Waals surface area contributed by atoms with Crippen LogP contribution < -0.4 is 5.32 Å². The fourth-order valence-corrected chi connectivity index (χ4v) is 5.42. The van der Waals surface area contributed by atoms with Gasteiger partial charge in [-0.15, -0.1) is 4.28 Å². The molecule has 1 aromatic carbocycles. The number of ether oxygens (including phenoxy) is 2. The molecule has 36 heavy (non-hydrogen) atoms. The zero-order valence-corrected chi connectivity index (χ0v) is 21.6. The van der Waals surface area contributed by atoms with E-state index in [1.165, 1.54) is 24.0 Å². The minimum absolute atomic E-state index is 0.0999. The largest absolute Gasteiger partial charge is 0.462 e. The molecular formula is C23H31N3O9S. The molecule has 1 aromatic rings. The van der Waals surface area contributed by atoms with Crippen molar-refractivity contribution < 1.29 is 41.4 Å². The van der Waals surface area contributed by atoms with E-state index in [-0.39, 0.29) is 48.7 Å². The molecule has 2 heterocycles. The highest BCUT2D eigenvalue weighted by Gasteiger charge is 2.49. The van der Waals surface area contributed by atoms with E-state index in [9.17, 15) is 27.6 Å². The molecule has 2 bridgehead atoms. The van der Waals surface area contributed by atoms with E-state index >= 15 is 0 Å². The summed E-state index contributed by atoms with van der Waals surface area (Å²) >= 11 is 0. The molecule has 0 aromatic heterocycles. The van der Waals surface area contributed by atoms with E-state index in [1.54, 1.807) is 13.8 Å². The quantitative estimate of drug-likeness (QED) is 0.356. The number of piperidine rings is 1. The predicted molar refractivity (Wildman–Crippen MR) is 125 cm³/mol. The van der Waals surface area contributed by atoms with Crippen LogP contribution in [0.25, 0.3) is 0 Å². The highest BCUT2D eigenvalue weighted by Crippen LogP contribution is 2.33. The Kier molecular flexibility index (Phi) is 8.56. The van der Waals surface area contributed by atoms with Crippen LogP contribution in [-0.2, 0) is 33.5 Å². The summed E-state index contributed by atoms with van der Waals surface area (Å²) in [4.78, 5) is 50.3. The summed E-state index contributed by atoms with van der Waals surface area (Å²) in [6.45, 7) is 6.58. The maximum atomic E-state index is 13.2. The number of nitrogens with zero attached hydrogens (tertiary/aromatic N) is 2. The number of carbonyl (C=O) groups is 4. The topological polar surface area (TPSA) is 149 Å². The van der Waals surface area contributed by atoms with Crippen molar-refractivity contribution in [3.63, 3.8) is 0 Å². The molecule has 0 radical (unpaired) electrons. The van der Waals surface area contributed by atoms with E-state index < -0.39 is 46.1 Å². The van der Waals surface area contributed by atoms with Gasteiger partial charge in [-0.3, -0.25) is 9.59 Å². The fraction of sp³-hybridized carbons (Fsp3) is 0.565. The normalized spacial score (nSPS) is 19.3. The molecule has 13 heteroatoms. The lowest BCUT2D eigenvalue weighted by atomic mass is 10.0. The summed E-state index contributed by atoms with van der Waals surface area (Å²) in [5, 5.41) is 3.23. The Bertz CT molecular complexity index is 1150. The van der Waals surface area contributed by atoms with E-state index in [0.717, 1.165) is 5.06 Å². The van der Waals surface area contributed by atoms with Crippen molar-refractivity contribution in [2.75, 3.05) is 19.9 Å². The minimum atomic E-state index is -4.49. The molecule has 2 atom stereocenters. The molecule has 0 spiro atoms. The van der Waals surface area contributed by atoms with E-state index in [2.05, 4.69) is 5.32 Å². The van der Waals surface area contributed by atoms with Crippen molar-refractivity contribution in [3.05, 3.63) is 28.8 Å². The molecule has 0 saturated carbocycles. The summed E-state index contributed by atoms with van der Waals surface area (Å²) in [7, 11) is -4.49. The third-order valence-corrected chi connectivity index (χ3v) is 7.44. The Balaban J connectivity index is 1.75. The van der Waals surface area contributed by atoms with Crippen molar-refractivity contribution in [2.45, 2.75) is 70.4 Å². The van der Waals surface area contributed by atoms with Crippen molar-refractivity contribution in [1.82, 2.24) is 15.3 Å². The van der Waals surface area contributed by atoms with Crippen LogP contribution in [0.3, 0.4) is 0 Å². The van der Waals surface area contributed by atoms with E-state index in [4.69, 9.17) is 13.8 Å². The van der Waals surface area contributed by atoms with Gasteiger partial charge in [-0.25, -0.2) is 9.59 Å². The van der Waals surface area contributed by atoms with Crippen LogP contribution in [0.15, 0.2) is 17.0 Å². The smallest absolute Gasteiger partial charge is 0.346 e. The monoisotopic (exact) mass is 525 g/mol. The van der Waals surface area contributed by atoms with Crippen molar-refractivity contribution in [2.24, 2.45) is 0 Å². The Morgan fingerprint density at radius 3 is 2.50 bits per heavy atom. The Hall–Kier alpha value is -3.19. The first-order valence-corrected chi connectivity index (χ1v) is 13.2. The molecule has 2 aliphatic rings. The Morgan fingerprint density at radius 1 is 1.11 bits per heavy atom. The Labute approximate surface area is 209 Å². The molecule has 2 fully saturated rings. The first-order chi connectivity index (χ1) is 17.0. The van der Waals surface area contributed by atoms with Gasteiger partial charge in [0.25, 0.3) is 0 Å². The van der Waals surface area contributed by atoms with Crippen LogP contribution in [0.2, 0.25) is 0 Å². The average Bonchev–Trinajstić information content (AvgIpc) is 3.06. The van der Waals surface area contributed by atoms with Crippen LogP contribution in [0.1, 0.15) is 61.0 Å². The minimum Gasteiger partial charge on any atom is -0.462 e. The summed E-state index contributed by atoms with van der Waals surface area (Å²) in [5.41, 5.74) is 0.832. The van der Waals surface area contributed by atoms with Crippen LogP contribution in [-0.4, -0.2) is 74.2 Å². The number of hydrogen-bond acceptors (Lipinski definition) is 9. The average molecular weight is 526 g/mol. The Morgan fingerprint density at radius 2 is 1.83 bits per heavy atom. The van der Waals surface area contributed by atoms with Gasteiger partial charge in [0.15, 0.2) is 6.73 Å². The number of esters is 2. The van der Waals surface area contributed by atoms with Gasteiger partial charge in [-0.05, 0) is 50.3 Å². The molecule has 3 rings (SSSR count). The SMILES string of the molecule is CCCOC(=O)c1c(C)ccc(S(=O)(=O)ON2C(=O)N3C[C@H]2CC[C@H]3C(=O)NCOC(=O)CC)c1C. The van der Waals surface area contributed by atoms with E-state index in [1.807, 2.05) is 6.92 Å². The van der Waals surface area contributed by atoms with Gasteiger partial charge in [0, 0.05) is 13.0 Å². The first-order valence-electron chi connectivity index (χ1n) is 11.8. The molecule has 12 nitrogen and oxygen atoms in total. The van der Waals surface area contributed by atoms with Crippen LogP contribution >= 0.6 is 0 Å². The van der Waals surface area contributed by atoms with Gasteiger partial charge in [0.05, 0.1) is 23.1 Å². The molecule has 198 valence electrons. The van der Waals surface area contributed by atoms with Crippen molar-refractivity contribution in [1.29, 1.82) is 0 Å². The van der Waals surface area contributed by atoms with E-state index in [0.29, 0.717) is 18.4 Å². The number of hydroxylamine groups is 2. The number of fused-ring (bicyclic) bond motifs is 2. The van der Waals surface area contributed by atoms with Crippen molar-refractivity contribution >= 4 is 34.0 Å². The molecule has 3 amide bonds. The van der Waals surface area contributed by atoms with Gasteiger partial charge in [0.1, 0.15) is 6.04 Å². The zero-order valence-electron chi connectivity index (χ0n) is 20.7. The third kappa shape index (κ3) is 5.62. The lowest BCUT2D eigenvalue weighted by Gasteiger charge is -2.29. The van der Waals surface area contributed by atoms with Gasteiger partial charge in [-0.2, -0.15) is 13.5 Å². The van der Waals surface area contributed by atoms with Crippen molar-refractivity contribution in [3.8, 4) is 0 Å². The fourth-order valence-electron chi connectivity index (χ4n) is 4.24. The second-order valence-electron chi connectivity index (χ2n) is 8.61. The van der Waals surface area contributed by atoms with Crippen LogP contribution in [0.4, 0.5) is 4.79 Å². The summed E-state index contributed by atoms with van der Waals surface area (Å²) < 4.78 is 41.6. The lowest BCUT2D eigenvalue weighted by molar-refractivity contribution is -0.145. The molecule has 0 aliphatic carbocycles. The number of nitrogens with one attached hydrogen (secondary N) is 1. The number of aryl methyl sites for hydroxylation is 1. The maximum Gasteiger partial charge on any atom is 0.346 e. The van der Waals surface area contributed by atoms with Gasteiger partial charge >= 0.3 is 28.1 Å². The summed E-state index contributed by atoms with van der Waals surface area (Å²) in [5.74, 6) is -1.63. The molecule has 2 saturated heterocycles. The number of rotatable bonds is 10. The highest BCUT2D eigenvalue weighted by atomic mass is 32.2. The highest BCUT2D eigenvalue weighted by molar-refractivity contribution is 7.86. The first kappa shape index (κ1) is 27.4. The second kappa shape index (κ2) is 11.2. The maximum absolute atomic E-state index is 13.2. The molecular weight excluding hydrogens is 494 g/mol. The van der Waals surface area contributed by atoms with Gasteiger partial charge < -0.3 is 19.7 Å². The number of benzene rings is 1. The standard InChI is InChI=1S/C23H31N3O9S/c1-5-11-33-22(29)20-14(3)7-10-18(15(20)4)36(31,32)35-26-16-8-9-17(25(12-16)23(26)30)21(28)24-13-34-19(27)6-2/h7,10,16-17H,5-6,8-9,11-13H2,1-4H3,(H,24,28)/t16-,17+/m1/s1. The number of amides is 3. The number of hydrogen-bond donors (Lipinski definition) is 1.